The van der Waals surface area contributed by atoms with Gasteiger partial charge in [-0.15, -0.1) is 0 Å². The Kier molecular flexibility index (Phi) is 3.52. The van der Waals surface area contributed by atoms with Crippen molar-refractivity contribution in [3.05, 3.63) is 23.8 Å². The topological polar surface area (TPSA) is 96.9 Å². The van der Waals surface area contributed by atoms with Crippen molar-refractivity contribution in [3.63, 3.8) is 0 Å². The van der Waals surface area contributed by atoms with Crippen molar-refractivity contribution in [1.29, 1.82) is 0 Å². The number of rotatable bonds is 4. The van der Waals surface area contributed by atoms with Crippen molar-refractivity contribution >= 4 is 12.0 Å². The number of fused-ring (bicyclic) bond motifs is 1. The van der Waals surface area contributed by atoms with Gasteiger partial charge < -0.3 is 25.2 Å². The van der Waals surface area contributed by atoms with E-state index >= 15 is 0 Å². The third kappa shape index (κ3) is 3.03. The standard InChI is InChI=1S/C11H12N2O5/c14-10(15)5-13-11(16)12-4-7-1-2-8-9(3-7)18-6-17-8/h1-3H,4-6H2,(H,14,15)(H2,12,13,16). The molecular weight excluding hydrogens is 240 g/mol. The zero-order valence-electron chi connectivity index (χ0n) is 9.43. The van der Waals surface area contributed by atoms with E-state index in [2.05, 4.69) is 10.6 Å². The van der Waals surface area contributed by atoms with Crippen LogP contribution < -0.4 is 20.1 Å². The molecule has 0 radical (unpaired) electrons. The van der Waals surface area contributed by atoms with Gasteiger partial charge in [-0.1, -0.05) is 6.07 Å². The summed E-state index contributed by atoms with van der Waals surface area (Å²) < 4.78 is 10.4. The van der Waals surface area contributed by atoms with Crippen LogP contribution in [0.5, 0.6) is 11.5 Å². The van der Waals surface area contributed by atoms with Crippen LogP contribution in [0.4, 0.5) is 4.79 Å². The molecule has 0 saturated carbocycles. The Labute approximate surface area is 103 Å². The second-order valence-corrected chi connectivity index (χ2v) is 3.62. The van der Waals surface area contributed by atoms with E-state index in [1.54, 1.807) is 18.2 Å². The predicted octanol–water partition coefficient (Wildman–Crippen LogP) is 0.299. The van der Waals surface area contributed by atoms with Crippen molar-refractivity contribution in [3.8, 4) is 11.5 Å². The maximum Gasteiger partial charge on any atom is 0.323 e. The van der Waals surface area contributed by atoms with Gasteiger partial charge >= 0.3 is 12.0 Å². The highest BCUT2D eigenvalue weighted by Crippen LogP contribution is 2.32. The molecular formula is C11H12N2O5. The number of carboxylic acids is 1. The van der Waals surface area contributed by atoms with Gasteiger partial charge in [0.15, 0.2) is 11.5 Å². The van der Waals surface area contributed by atoms with E-state index in [-0.39, 0.29) is 13.3 Å². The summed E-state index contributed by atoms with van der Waals surface area (Å²) in [5.41, 5.74) is 0.838. The molecule has 7 heteroatoms. The zero-order valence-corrected chi connectivity index (χ0v) is 9.43. The van der Waals surface area contributed by atoms with Gasteiger partial charge in [0.05, 0.1) is 0 Å². The largest absolute Gasteiger partial charge is 0.480 e. The summed E-state index contributed by atoms with van der Waals surface area (Å²) in [6, 6.07) is 4.79. The Morgan fingerprint density at radius 1 is 1.22 bits per heavy atom. The lowest BCUT2D eigenvalue weighted by atomic mass is 10.2. The molecule has 1 aromatic rings. The van der Waals surface area contributed by atoms with Crippen molar-refractivity contribution in [2.45, 2.75) is 6.54 Å². The second-order valence-electron chi connectivity index (χ2n) is 3.62. The molecule has 96 valence electrons. The fraction of sp³-hybridized carbons (Fsp3) is 0.273. The average Bonchev–Trinajstić information content (AvgIpc) is 2.81. The fourth-order valence-corrected chi connectivity index (χ4v) is 1.45. The Bertz CT molecular complexity index is 475. The first-order valence-electron chi connectivity index (χ1n) is 5.27. The number of hydrogen-bond donors (Lipinski definition) is 3. The van der Waals surface area contributed by atoms with E-state index in [4.69, 9.17) is 14.6 Å². The molecule has 0 atom stereocenters. The second kappa shape index (κ2) is 5.26. The lowest BCUT2D eigenvalue weighted by molar-refractivity contribution is -0.135. The quantitative estimate of drug-likeness (QED) is 0.716. The lowest BCUT2D eigenvalue weighted by Gasteiger charge is -2.06. The number of ether oxygens (including phenoxy) is 2. The van der Waals surface area contributed by atoms with Crippen molar-refractivity contribution in [1.82, 2.24) is 10.6 Å². The van der Waals surface area contributed by atoms with Crippen LogP contribution in [0.15, 0.2) is 18.2 Å². The zero-order chi connectivity index (χ0) is 13.0. The summed E-state index contributed by atoms with van der Waals surface area (Å²) in [4.78, 5) is 21.4. The van der Waals surface area contributed by atoms with E-state index in [9.17, 15) is 9.59 Å². The van der Waals surface area contributed by atoms with Gasteiger partial charge in [0.25, 0.3) is 0 Å². The molecule has 1 heterocycles. The van der Waals surface area contributed by atoms with Crippen LogP contribution in [-0.2, 0) is 11.3 Å². The summed E-state index contributed by atoms with van der Waals surface area (Å²) in [6.45, 7) is 0.0698. The Morgan fingerprint density at radius 2 is 2.00 bits per heavy atom. The van der Waals surface area contributed by atoms with Gasteiger partial charge in [0.2, 0.25) is 6.79 Å². The summed E-state index contributed by atoms with van der Waals surface area (Å²) in [5, 5.41) is 13.1. The minimum absolute atomic E-state index is 0.200. The average molecular weight is 252 g/mol. The Balaban J connectivity index is 1.83. The lowest BCUT2D eigenvalue weighted by Crippen LogP contribution is -2.37. The summed E-state index contributed by atoms with van der Waals surface area (Å²) in [6.07, 6.45) is 0. The number of urea groups is 1. The highest BCUT2D eigenvalue weighted by molar-refractivity contribution is 5.79. The maximum absolute atomic E-state index is 11.2. The molecule has 1 aromatic carbocycles. The highest BCUT2D eigenvalue weighted by Gasteiger charge is 2.13. The van der Waals surface area contributed by atoms with Crippen LogP contribution in [0.3, 0.4) is 0 Å². The first kappa shape index (κ1) is 12.0. The summed E-state index contributed by atoms with van der Waals surface area (Å²) in [5.74, 6) is 0.225. The van der Waals surface area contributed by atoms with Crippen LogP contribution in [0.25, 0.3) is 0 Å². The number of benzene rings is 1. The van der Waals surface area contributed by atoms with Crippen LogP contribution in [0.1, 0.15) is 5.56 Å². The molecule has 2 rings (SSSR count). The maximum atomic E-state index is 11.2. The van der Waals surface area contributed by atoms with E-state index in [1.807, 2.05) is 0 Å². The number of aliphatic carboxylic acids is 1. The van der Waals surface area contributed by atoms with Gasteiger partial charge in [-0.25, -0.2) is 4.79 Å². The molecule has 0 fully saturated rings. The molecule has 0 spiro atoms. The minimum atomic E-state index is -1.09. The molecule has 18 heavy (non-hydrogen) atoms. The van der Waals surface area contributed by atoms with Crippen molar-refractivity contribution in [2.24, 2.45) is 0 Å². The van der Waals surface area contributed by atoms with E-state index in [1.165, 1.54) is 0 Å². The number of nitrogens with one attached hydrogen (secondary N) is 2. The Morgan fingerprint density at radius 3 is 2.78 bits per heavy atom. The third-order valence-corrected chi connectivity index (χ3v) is 2.29. The van der Waals surface area contributed by atoms with Crippen molar-refractivity contribution in [2.75, 3.05) is 13.3 Å². The van der Waals surface area contributed by atoms with E-state index in [0.29, 0.717) is 11.5 Å². The molecule has 1 aliphatic heterocycles. The minimum Gasteiger partial charge on any atom is -0.480 e. The van der Waals surface area contributed by atoms with Gasteiger partial charge in [0.1, 0.15) is 6.54 Å². The number of carbonyl (C=O) groups excluding carboxylic acids is 1. The molecule has 0 bridgehead atoms. The molecule has 0 unspecified atom stereocenters. The van der Waals surface area contributed by atoms with Crippen LogP contribution in [0.2, 0.25) is 0 Å². The van der Waals surface area contributed by atoms with Crippen molar-refractivity contribution < 1.29 is 24.2 Å². The van der Waals surface area contributed by atoms with Crippen LogP contribution >= 0.6 is 0 Å². The fourth-order valence-electron chi connectivity index (χ4n) is 1.45. The van der Waals surface area contributed by atoms with E-state index < -0.39 is 18.5 Å². The number of carboxylic acid groups (broad SMARTS) is 1. The normalized spacial score (nSPS) is 12.0. The van der Waals surface area contributed by atoms with E-state index in [0.717, 1.165) is 5.56 Å². The highest BCUT2D eigenvalue weighted by atomic mass is 16.7. The molecule has 1 aliphatic rings. The van der Waals surface area contributed by atoms with Gasteiger partial charge in [-0.3, -0.25) is 4.79 Å². The first-order chi connectivity index (χ1) is 8.65. The number of carbonyl (C=O) groups is 2. The van der Waals surface area contributed by atoms with Crippen LogP contribution in [-0.4, -0.2) is 30.4 Å². The summed E-state index contributed by atoms with van der Waals surface area (Å²) >= 11 is 0. The SMILES string of the molecule is O=C(O)CNC(=O)NCc1ccc2c(c1)OCO2. The van der Waals surface area contributed by atoms with Crippen LogP contribution in [0, 0.1) is 0 Å². The molecule has 2 amide bonds. The van der Waals surface area contributed by atoms with Gasteiger partial charge in [0, 0.05) is 6.54 Å². The number of amides is 2. The molecule has 0 saturated heterocycles. The van der Waals surface area contributed by atoms with Gasteiger partial charge in [-0.2, -0.15) is 0 Å². The molecule has 7 nitrogen and oxygen atoms in total. The predicted molar refractivity (Wildman–Crippen MR) is 60.4 cm³/mol. The summed E-state index contributed by atoms with van der Waals surface area (Å²) in [7, 11) is 0. The first-order valence-corrected chi connectivity index (χ1v) is 5.27. The molecule has 0 aliphatic carbocycles. The molecule has 0 aromatic heterocycles. The smallest absolute Gasteiger partial charge is 0.323 e. The monoisotopic (exact) mass is 252 g/mol. The van der Waals surface area contributed by atoms with Gasteiger partial charge in [-0.05, 0) is 17.7 Å². The molecule has 3 N–H and O–H groups in total. The third-order valence-electron chi connectivity index (χ3n) is 2.29. The number of hydrogen-bond acceptors (Lipinski definition) is 4. The Hall–Kier alpha value is -2.44.